The van der Waals surface area contributed by atoms with Gasteiger partial charge in [0.15, 0.2) is 5.22 Å². The van der Waals surface area contributed by atoms with Crippen LogP contribution in [0.3, 0.4) is 0 Å². The molecule has 7 nitrogen and oxygen atoms in total. The van der Waals surface area contributed by atoms with E-state index in [1.165, 1.54) is 0 Å². The Morgan fingerprint density at radius 3 is 3.00 bits per heavy atom. The molecule has 1 aromatic rings. The normalized spacial score (nSPS) is 29.2. The van der Waals surface area contributed by atoms with Crippen molar-refractivity contribution in [3.8, 4) is 0 Å². The molecule has 2 aliphatic rings. The van der Waals surface area contributed by atoms with E-state index in [2.05, 4.69) is 9.62 Å². The summed E-state index contributed by atoms with van der Waals surface area (Å²) >= 11 is 5.83. The minimum Gasteiger partial charge on any atom is -0.448 e. The van der Waals surface area contributed by atoms with Crippen LogP contribution in [0.4, 0.5) is 0 Å². The molecule has 3 heterocycles. The highest BCUT2D eigenvalue weighted by atomic mass is 35.5. The molecule has 0 amide bonds. The van der Waals surface area contributed by atoms with E-state index in [-0.39, 0.29) is 6.10 Å². The smallest absolute Gasteiger partial charge is 0.208 e. The van der Waals surface area contributed by atoms with Crippen molar-refractivity contribution in [3.63, 3.8) is 0 Å². The van der Waals surface area contributed by atoms with Gasteiger partial charge >= 0.3 is 0 Å². The standard InChI is InChI=1S/C15H23ClN2O5S/c1-24(19,20)17-8-12-4-5-15(23-12)10-18(6-7-21-11-15)9-13-2-3-14(16)22-13/h2-3,12,17H,4-11H2,1H3/t12-,15-/m1/s1. The van der Waals surface area contributed by atoms with Crippen LogP contribution in [0, 0.1) is 0 Å². The minimum absolute atomic E-state index is 0.124. The van der Waals surface area contributed by atoms with Crippen LogP contribution in [0.25, 0.3) is 0 Å². The second kappa shape index (κ2) is 7.31. The fourth-order valence-electron chi connectivity index (χ4n) is 3.28. The molecule has 1 aromatic heterocycles. The van der Waals surface area contributed by atoms with Gasteiger partial charge in [-0.25, -0.2) is 13.1 Å². The average Bonchev–Trinajstić information content (AvgIpc) is 3.01. The summed E-state index contributed by atoms with van der Waals surface area (Å²) in [6.45, 7) is 3.61. The summed E-state index contributed by atoms with van der Waals surface area (Å²) in [5.41, 5.74) is -0.392. The fourth-order valence-corrected chi connectivity index (χ4v) is 3.93. The van der Waals surface area contributed by atoms with E-state index in [1.54, 1.807) is 6.07 Å². The zero-order valence-corrected chi connectivity index (χ0v) is 15.2. The van der Waals surface area contributed by atoms with Crippen LogP contribution in [0.5, 0.6) is 0 Å². The zero-order valence-electron chi connectivity index (χ0n) is 13.7. The van der Waals surface area contributed by atoms with Gasteiger partial charge in [0.2, 0.25) is 10.0 Å². The van der Waals surface area contributed by atoms with Crippen molar-refractivity contribution in [3.05, 3.63) is 23.1 Å². The monoisotopic (exact) mass is 378 g/mol. The van der Waals surface area contributed by atoms with Gasteiger partial charge in [0, 0.05) is 19.6 Å². The quantitative estimate of drug-likeness (QED) is 0.830. The predicted molar refractivity (Wildman–Crippen MR) is 89.5 cm³/mol. The molecule has 9 heteroatoms. The van der Waals surface area contributed by atoms with Gasteiger partial charge in [0.05, 0.1) is 32.1 Å². The van der Waals surface area contributed by atoms with Crippen LogP contribution in [0.15, 0.2) is 16.5 Å². The topological polar surface area (TPSA) is 81.0 Å². The predicted octanol–water partition coefficient (Wildman–Crippen LogP) is 1.23. The number of hydrogen-bond donors (Lipinski definition) is 1. The molecule has 2 fully saturated rings. The third-order valence-electron chi connectivity index (χ3n) is 4.35. The van der Waals surface area contributed by atoms with Gasteiger partial charge in [-0.3, -0.25) is 4.90 Å². The highest BCUT2D eigenvalue weighted by Gasteiger charge is 2.43. The molecular weight excluding hydrogens is 356 g/mol. The molecule has 136 valence electrons. The molecule has 2 saturated heterocycles. The van der Waals surface area contributed by atoms with Crippen molar-refractivity contribution < 1.29 is 22.3 Å². The lowest BCUT2D eigenvalue weighted by Gasteiger charge is -2.31. The number of ether oxygens (including phenoxy) is 2. The molecule has 0 aromatic carbocycles. The van der Waals surface area contributed by atoms with Crippen LogP contribution < -0.4 is 4.72 Å². The van der Waals surface area contributed by atoms with Gasteiger partial charge in [0.25, 0.3) is 0 Å². The maximum absolute atomic E-state index is 11.2. The lowest BCUT2D eigenvalue weighted by Crippen LogP contribution is -2.45. The Kier molecular flexibility index (Phi) is 5.53. The molecule has 0 bridgehead atoms. The van der Waals surface area contributed by atoms with E-state index in [9.17, 15) is 8.42 Å². The number of hydrogen-bond acceptors (Lipinski definition) is 6. The first-order chi connectivity index (χ1) is 11.3. The molecule has 0 unspecified atom stereocenters. The van der Waals surface area contributed by atoms with Crippen LogP contribution in [0.1, 0.15) is 18.6 Å². The Morgan fingerprint density at radius 1 is 1.46 bits per heavy atom. The van der Waals surface area contributed by atoms with Gasteiger partial charge in [-0.15, -0.1) is 0 Å². The molecule has 0 aliphatic carbocycles. The number of halogens is 1. The van der Waals surface area contributed by atoms with Gasteiger partial charge in [0.1, 0.15) is 11.4 Å². The largest absolute Gasteiger partial charge is 0.448 e. The highest BCUT2D eigenvalue weighted by molar-refractivity contribution is 7.88. The first kappa shape index (κ1) is 18.2. The Bertz CT molecular complexity index is 665. The van der Waals surface area contributed by atoms with Crippen molar-refractivity contribution in [1.29, 1.82) is 0 Å². The Labute approximate surface area is 147 Å². The molecule has 1 spiro atoms. The summed E-state index contributed by atoms with van der Waals surface area (Å²) in [6.07, 6.45) is 2.69. The van der Waals surface area contributed by atoms with Gasteiger partial charge in [-0.2, -0.15) is 0 Å². The minimum atomic E-state index is -3.21. The summed E-state index contributed by atoms with van der Waals surface area (Å²) in [4.78, 5) is 2.23. The Morgan fingerprint density at radius 2 is 2.29 bits per heavy atom. The van der Waals surface area contributed by atoms with Crippen molar-refractivity contribution >= 4 is 21.6 Å². The highest BCUT2D eigenvalue weighted by Crippen LogP contribution is 2.33. The summed E-state index contributed by atoms with van der Waals surface area (Å²) in [5, 5.41) is 0.384. The van der Waals surface area contributed by atoms with Crippen molar-refractivity contribution in [2.24, 2.45) is 0 Å². The first-order valence-electron chi connectivity index (χ1n) is 8.00. The molecule has 24 heavy (non-hydrogen) atoms. The molecule has 1 N–H and O–H groups in total. The number of rotatable bonds is 5. The number of nitrogens with one attached hydrogen (secondary N) is 1. The van der Waals surface area contributed by atoms with Gasteiger partial charge in [-0.05, 0) is 36.6 Å². The molecule has 2 aliphatic heterocycles. The van der Waals surface area contributed by atoms with E-state index in [0.29, 0.717) is 31.5 Å². The molecule has 0 saturated carbocycles. The summed E-state index contributed by atoms with van der Waals surface area (Å²) in [7, 11) is -3.21. The Hall–Kier alpha value is -0.640. The second-order valence-corrected chi connectivity index (χ2v) is 8.76. The number of sulfonamides is 1. The fraction of sp³-hybridized carbons (Fsp3) is 0.733. The lowest BCUT2D eigenvalue weighted by molar-refractivity contribution is -0.0846. The summed E-state index contributed by atoms with van der Waals surface area (Å²) < 4.78 is 42.4. The van der Waals surface area contributed by atoms with Crippen molar-refractivity contribution in [2.45, 2.75) is 31.1 Å². The van der Waals surface area contributed by atoms with Crippen LogP contribution >= 0.6 is 11.6 Å². The van der Waals surface area contributed by atoms with E-state index in [0.717, 1.165) is 37.9 Å². The molecular formula is C15H23ClN2O5S. The van der Waals surface area contributed by atoms with E-state index in [4.69, 9.17) is 25.5 Å². The number of furan rings is 1. The third kappa shape index (κ3) is 4.93. The van der Waals surface area contributed by atoms with Crippen LogP contribution in [-0.4, -0.2) is 64.1 Å². The summed E-state index contributed by atoms with van der Waals surface area (Å²) in [5.74, 6) is 0.810. The van der Waals surface area contributed by atoms with Crippen molar-refractivity contribution in [2.75, 3.05) is 39.1 Å². The zero-order chi connectivity index (χ0) is 17.2. The van der Waals surface area contributed by atoms with E-state index >= 15 is 0 Å². The first-order valence-corrected chi connectivity index (χ1v) is 10.3. The second-order valence-electron chi connectivity index (χ2n) is 6.55. The lowest BCUT2D eigenvalue weighted by atomic mass is 10.00. The van der Waals surface area contributed by atoms with Crippen LogP contribution in [0.2, 0.25) is 5.22 Å². The molecule has 3 rings (SSSR count). The van der Waals surface area contributed by atoms with Gasteiger partial charge < -0.3 is 13.9 Å². The summed E-state index contributed by atoms with van der Waals surface area (Å²) in [6, 6.07) is 3.61. The van der Waals surface area contributed by atoms with Crippen molar-refractivity contribution in [1.82, 2.24) is 9.62 Å². The Balaban J connectivity index is 1.60. The molecule has 0 radical (unpaired) electrons. The third-order valence-corrected chi connectivity index (χ3v) is 5.24. The molecule has 2 atom stereocenters. The van der Waals surface area contributed by atoms with Gasteiger partial charge in [-0.1, -0.05) is 0 Å². The maximum atomic E-state index is 11.2. The van der Waals surface area contributed by atoms with E-state index < -0.39 is 15.6 Å². The van der Waals surface area contributed by atoms with E-state index in [1.807, 2.05) is 6.07 Å². The van der Waals surface area contributed by atoms with Crippen LogP contribution in [-0.2, 0) is 26.0 Å². The number of nitrogens with zero attached hydrogens (tertiary/aromatic N) is 1. The SMILES string of the molecule is CS(=O)(=O)NC[C@H]1CC[C@@]2(COCCN(Cc3ccc(Cl)o3)C2)O1. The average molecular weight is 379 g/mol. The maximum Gasteiger partial charge on any atom is 0.208 e.